The predicted octanol–water partition coefficient (Wildman–Crippen LogP) is 6.03. The first-order valence-electron chi connectivity index (χ1n) is 14.7. The molecule has 1 aromatic heterocycles. The monoisotopic (exact) mass is 566 g/mol. The largest absolute Gasteiger partial charge is 0.460 e. The van der Waals surface area contributed by atoms with E-state index in [9.17, 15) is 14.4 Å². The molecule has 0 spiro atoms. The normalized spacial score (nSPS) is 14.5. The lowest BCUT2D eigenvalue weighted by Gasteiger charge is -2.24. The molecule has 1 N–H and O–H groups in total. The summed E-state index contributed by atoms with van der Waals surface area (Å²) in [6.07, 6.45) is 5.08. The molecule has 5 rings (SSSR count). The Labute approximate surface area is 246 Å². The molecule has 218 valence electrons. The number of ether oxygens (including phenoxy) is 1. The Morgan fingerprint density at radius 2 is 1.71 bits per heavy atom. The van der Waals surface area contributed by atoms with Crippen molar-refractivity contribution >= 4 is 28.5 Å². The number of hydrogen-bond donors (Lipinski definition) is 1. The number of hydrogen-bond acceptors (Lipinski definition) is 6. The van der Waals surface area contributed by atoms with E-state index in [4.69, 9.17) is 4.74 Å². The number of aryl methyl sites for hydroxylation is 1. The van der Waals surface area contributed by atoms with Crippen molar-refractivity contribution in [2.45, 2.75) is 77.4 Å². The fraction of sp³-hybridized carbons (Fsp3) is 0.382. The van der Waals surface area contributed by atoms with E-state index >= 15 is 0 Å². The molecule has 1 amide bonds. The summed E-state index contributed by atoms with van der Waals surface area (Å²) in [5, 5.41) is 12.0. The van der Waals surface area contributed by atoms with E-state index in [1.165, 1.54) is 4.68 Å². The quantitative estimate of drug-likeness (QED) is 0.248. The maximum atomic E-state index is 13.7. The third-order valence-corrected chi connectivity index (χ3v) is 7.69. The zero-order chi connectivity index (χ0) is 29.7. The highest BCUT2D eigenvalue weighted by Crippen LogP contribution is 2.38. The number of nitrogens with zero attached hydrogens (tertiary/aromatic N) is 3. The molecule has 1 atom stereocenters. The summed E-state index contributed by atoms with van der Waals surface area (Å²) in [5.74, 6) is -0.287. The molecule has 0 radical (unpaired) electrons. The van der Waals surface area contributed by atoms with Crippen LogP contribution in [0.2, 0.25) is 0 Å². The van der Waals surface area contributed by atoms with Gasteiger partial charge in [0.05, 0.1) is 17.8 Å². The number of aromatic nitrogens is 3. The Bertz CT molecular complexity index is 1620. The molecule has 1 fully saturated rings. The van der Waals surface area contributed by atoms with Crippen LogP contribution in [0.5, 0.6) is 0 Å². The van der Waals surface area contributed by atoms with Gasteiger partial charge in [0.15, 0.2) is 0 Å². The van der Waals surface area contributed by atoms with Gasteiger partial charge in [-0.1, -0.05) is 66.6 Å². The number of rotatable bonds is 9. The average molecular weight is 567 g/mol. The second-order valence-corrected chi connectivity index (χ2v) is 12.1. The SMILES string of the molecule is CC(C)(C)OC(=O)CCc1cccc(NC(=O)C(c2ccc(Cn3nnc4ccccc4c3=O)cc2)C2CCCC2)c1. The summed E-state index contributed by atoms with van der Waals surface area (Å²) < 4.78 is 6.79. The summed E-state index contributed by atoms with van der Waals surface area (Å²) in [6.45, 7) is 5.87. The molecule has 0 saturated heterocycles. The standard InChI is InChI=1S/C34H38N4O4/c1-34(2,3)42-30(39)20-17-23-9-8-12-27(21-23)35-32(40)31(25-10-4-5-11-25)26-18-15-24(16-19-26)22-38-33(41)28-13-6-7-14-29(28)36-37-38/h6-9,12-16,18-19,21,25,31H,4-5,10-11,17,20,22H2,1-3H3,(H,35,40). The smallest absolute Gasteiger partial charge is 0.306 e. The third kappa shape index (κ3) is 7.29. The van der Waals surface area contributed by atoms with Crippen molar-refractivity contribution in [2.75, 3.05) is 5.32 Å². The van der Waals surface area contributed by atoms with Crippen LogP contribution >= 0.6 is 0 Å². The van der Waals surface area contributed by atoms with E-state index in [2.05, 4.69) is 15.6 Å². The van der Waals surface area contributed by atoms with E-state index in [1.807, 2.05) is 81.4 Å². The van der Waals surface area contributed by atoms with E-state index < -0.39 is 5.60 Å². The molecule has 1 aliphatic rings. The Hall–Kier alpha value is -4.33. The predicted molar refractivity (Wildman–Crippen MR) is 163 cm³/mol. The van der Waals surface area contributed by atoms with Gasteiger partial charge in [0.25, 0.3) is 5.56 Å². The highest BCUT2D eigenvalue weighted by atomic mass is 16.6. The summed E-state index contributed by atoms with van der Waals surface area (Å²) in [6, 6.07) is 22.8. The van der Waals surface area contributed by atoms with E-state index in [-0.39, 0.29) is 35.7 Å². The number of carbonyl (C=O) groups is 2. The van der Waals surface area contributed by atoms with E-state index in [0.29, 0.717) is 23.9 Å². The molecule has 8 nitrogen and oxygen atoms in total. The van der Waals surface area contributed by atoms with Crippen molar-refractivity contribution in [1.82, 2.24) is 15.0 Å². The molecule has 0 aliphatic heterocycles. The van der Waals surface area contributed by atoms with Gasteiger partial charge in [-0.25, -0.2) is 4.68 Å². The van der Waals surface area contributed by atoms with Crippen LogP contribution in [0.4, 0.5) is 5.69 Å². The van der Waals surface area contributed by atoms with Crippen LogP contribution in [0.25, 0.3) is 10.9 Å². The van der Waals surface area contributed by atoms with Crippen molar-refractivity contribution in [3.05, 3.63) is 99.8 Å². The first-order chi connectivity index (χ1) is 20.2. The van der Waals surface area contributed by atoms with Crippen LogP contribution in [-0.2, 0) is 27.3 Å². The molecule has 4 aromatic rings. The van der Waals surface area contributed by atoms with Crippen LogP contribution in [0.1, 0.15) is 75.5 Å². The van der Waals surface area contributed by atoms with Gasteiger partial charge >= 0.3 is 5.97 Å². The number of amides is 1. The lowest BCUT2D eigenvalue weighted by molar-refractivity contribution is -0.154. The lowest BCUT2D eigenvalue weighted by Crippen LogP contribution is -2.27. The minimum absolute atomic E-state index is 0.0319. The Morgan fingerprint density at radius 3 is 2.45 bits per heavy atom. The Morgan fingerprint density at radius 1 is 0.976 bits per heavy atom. The van der Waals surface area contributed by atoms with Gasteiger partial charge in [-0.3, -0.25) is 14.4 Å². The Kier molecular flexibility index (Phi) is 8.80. The number of anilines is 1. The fourth-order valence-electron chi connectivity index (χ4n) is 5.72. The number of fused-ring (bicyclic) bond motifs is 1. The zero-order valence-electron chi connectivity index (χ0n) is 24.5. The number of esters is 1. The number of benzene rings is 3. The second-order valence-electron chi connectivity index (χ2n) is 12.1. The first kappa shape index (κ1) is 29.2. The van der Waals surface area contributed by atoms with Gasteiger partial charge in [0, 0.05) is 12.1 Å². The average Bonchev–Trinajstić information content (AvgIpc) is 3.48. The van der Waals surface area contributed by atoms with Crippen LogP contribution in [-0.4, -0.2) is 32.5 Å². The lowest BCUT2D eigenvalue weighted by atomic mass is 9.83. The minimum atomic E-state index is -0.511. The summed E-state index contributed by atoms with van der Waals surface area (Å²) in [7, 11) is 0. The number of nitrogens with one attached hydrogen (secondary N) is 1. The molecular weight excluding hydrogens is 528 g/mol. The van der Waals surface area contributed by atoms with Crippen molar-refractivity contribution < 1.29 is 14.3 Å². The van der Waals surface area contributed by atoms with Crippen LogP contribution in [0.3, 0.4) is 0 Å². The van der Waals surface area contributed by atoms with Crippen molar-refractivity contribution in [3.8, 4) is 0 Å². The fourth-order valence-corrected chi connectivity index (χ4v) is 5.72. The molecule has 3 aromatic carbocycles. The molecule has 1 saturated carbocycles. The third-order valence-electron chi connectivity index (χ3n) is 7.69. The minimum Gasteiger partial charge on any atom is -0.460 e. The molecule has 1 unspecified atom stereocenters. The highest BCUT2D eigenvalue weighted by Gasteiger charge is 2.32. The highest BCUT2D eigenvalue weighted by molar-refractivity contribution is 5.96. The van der Waals surface area contributed by atoms with Crippen LogP contribution in [0, 0.1) is 5.92 Å². The van der Waals surface area contributed by atoms with Gasteiger partial charge in [-0.15, -0.1) is 5.10 Å². The molecule has 8 heteroatoms. The van der Waals surface area contributed by atoms with Gasteiger partial charge in [-0.2, -0.15) is 0 Å². The first-order valence-corrected chi connectivity index (χ1v) is 14.7. The van der Waals surface area contributed by atoms with Crippen molar-refractivity contribution in [3.63, 3.8) is 0 Å². The Balaban J connectivity index is 1.29. The van der Waals surface area contributed by atoms with Gasteiger partial charge in [-0.05, 0) is 86.9 Å². The molecular formula is C34H38N4O4. The summed E-state index contributed by atoms with van der Waals surface area (Å²) in [4.78, 5) is 38.8. The van der Waals surface area contributed by atoms with Gasteiger partial charge in [0.1, 0.15) is 11.1 Å². The van der Waals surface area contributed by atoms with Crippen molar-refractivity contribution in [1.29, 1.82) is 0 Å². The van der Waals surface area contributed by atoms with Gasteiger partial charge < -0.3 is 10.1 Å². The summed E-state index contributed by atoms with van der Waals surface area (Å²) in [5.41, 5.74) is 3.44. The maximum absolute atomic E-state index is 13.7. The number of carbonyl (C=O) groups excluding carboxylic acids is 2. The van der Waals surface area contributed by atoms with Crippen LogP contribution < -0.4 is 10.9 Å². The van der Waals surface area contributed by atoms with Crippen LogP contribution in [0.15, 0.2) is 77.6 Å². The topological polar surface area (TPSA) is 103 Å². The van der Waals surface area contributed by atoms with E-state index in [1.54, 1.807) is 12.1 Å². The second kappa shape index (κ2) is 12.7. The van der Waals surface area contributed by atoms with Crippen molar-refractivity contribution in [2.24, 2.45) is 5.92 Å². The molecule has 1 heterocycles. The zero-order valence-corrected chi connectivity index (χ0v) is 24.5. The summed E-state index contributed by atoms with van der Waals surface area (Å²) >= 11 is 0. The maximum Gasteiger partial charge on any atom is 0.306 e. The van der Waals surface area contributed by atoms with Gasteiger partial charge in [0.2, 0.25) is 5.91 Å². The van der Waals surface area contributed by atoms with E-state index in [0.717, 1.165) is 48.1 Å². The molecule has 1 aliphatic carbocycles. The molecule has 0 bridgehead atoms. The molecule has 42 heavy (non-hydrogen) atoms.